The lowest BCUT2D eigenvalue weighted by atomic mass is 9.97. The Hall–Kier alpha value is -1.75. The number of nitrogens with one attached hydrogen (secondary N) is 1. The standard InChI is InChI=1S/C19H21NO3.ClH/c1-2-6-16-14(5-1)9-10-21-19(16)12-20-11-15-13-22-17-7-3-4-8-18(17)23-15;/h1-8,15,19-20H,9-13H2;1H. The number of para-hydroxylation sites is 2. The Bertz CT molecular complexity index is 679. The van der Waals surface area contributed by atoms with Gasteiger partial charge < -0.3 is 19.5 Å². The van der Waals surface area contributed by atoms with Crippen molar-refractivity contribution in [2.75, 3.05) is 26.3 Å². The Kier molecular flexibility index (Phi) is 5.61. The topological polar surface area (TPSA) is 39.7 Å². The second kappa shape index (κ2) is 7.88. The van der Waals surface area contributed by atoms with Crippen LogP contribution in [-0.2, 0) is 11.2 Å². The molecule has 2 aliphatic rings. The fourth-order valence-electron chi connectivity index (χ4n) is 3.18. The predicted molar refractivity (Wildman–Crippen MR) is 95.3 cm³/mol. The highest BCUT2D eigenvalue weighted by molar-refractivity contribution is 5.85. The van der Waals surface area contributed by atoms with Gasteiger partial charge in [0.05, 0.1) is 12.7 Å². The summed E-state index contributed by atoms with van der Waals surface area (Å²) in [5, 5.41) is 3.47. The summed E-state index contributed by atoms with van der Waals surface area (Å²) in [6, 6.07) is 16.3. The van der Waals surface area contributed by atoms with Crippen LogP contribution < -0.4 is 14.8 Å². The van der Waals surface area contributed by atoms with Crippen molar-refractivity contribution in [2.45, 2.75) is 18.6 Å². The fourth-order valence-corrected chi connectivity index (χ4v) is 3.18. The normalized spacial score (nSPS) is 21.5. The summed E-state index contributed by atoms with van der Waals surface area (Å²) in [4.78, 5) is 0. The van der Waals surface area contributed by atoms with Gasteiger partial charge in [0.2, 0.25) is 0 Å². The molecule has 2 aliphatic heterocycles. The van der Waals surface area contributed by atoms with Gasteiger partial charge in [-0.2, -0.15) is 0 Å². The van der Waals surface area contributed by atoms with Gasteiger partial charge in [-0.15, -0.1) is 12.4 Å². The molecule has 0 fully saturated rings. The molecule has 0 aromatic heterocycles. The van der Waals surface area contributed by atoms with E-state index in [4.69, 9.17) is 14.2 Å². The molecule has 2 heterocycles. The highest BCUT2D eigenvalue weighted by atomic mass is 35.5. The minimum absolute atomic E-state index is 0. The average Bonchev–Trinajstić information content (AvgIpc) is 2.62. The number of halogens is 1. The van der Waals surface area contributed by atoms with Gasteiger partial charge in [0.25, 0.3) is 0 Å². The maximum Gasteiger partial charge on any atom is 0.161 e. The maximum atomic E-state index is 5.96. The third-order valence-electron chi connectivity index (χ3n) is 4.36. The van der Waals surface area contributed by atoms with Gasteiger partial charge in [-0.3, -0.25) is 0 Å². The fraction of sp³-hybridized carbons (Fsp3) is 0.368. The lowest BCUT2D eigenvalue weighted by Gasteiger charge is -2.29. The molecule has 0 amide bonds. The van der Waals surface area contributed by atoms with Crippen molar-refractivity contribution < 1.29 is 14.2 Å². The van der Waals surface area contributed by atoms with E-state index in [1.54, 1.807) is 0 Å². The van der Waals surface area contributed by atoms with Crippen LogP contribution in [0.1, 0.15) is 17.2 Å². The summed E-state index contributed by atoms with van der Waals surface area (Å²) in [6.07, 6.45) is 1.16. The first-order valence-electron chi connectivity index (χ1n) is 8.19. The molecule has 128 valence electrons. The second-order valence-corrected chi connectivity index (χ2v) is 5.96. The Balaban J connectivity index is 0.00000169. The Morgan fingerprint density at radius 2 is 1.75 bits per heavy atom. The first kappa shape index (κ1) is 17.1. The van der Waals surface area contributed by atoms with Crippen molar-refractivity contribution in [3.63, 3.8) is 0 Å². The molecule has 2 atom stereocenters. The molecule has 2 unspecified atom stereocenters. The van der Waals surface area contributed by atoms with Crippen molar-refractivity contribution in [1.82, 2.24) is 5.32 Å². The molecular formula is C19H22ClNO3. The summed E-state index contributed by atoms with van der Waals surface area (Å²) in [5.74, 6) is 1.65. The lowest BCUT2D eigenvalue weighted by molar-refractivity contribution is 0.0372. The molecule has 4 nitrogen and oxygen atoms in total. The van der Waals surface area contributed by atoms with Crippen LogP contribution in [-0.4, -0.2) is 32.4 Å². The highest BCUT2D eigenvalue weighted by Gasteiger charge is 2.23. The minimum atomic E-state index is 0. The van der Waals surface area contributed by atoms with Crippen LogP contribution in [0.5, 0.6) is 11.5 Å². The molecule has 0 saturated carbocycles. The van der Waals surface area contributed by atoms with Crippen LogP contribution in [0.2, 0.25) is 0 Å². The number of benzene rings is 2. The second-order valence-electron chi connectivity index (χ2n) is 5.96. The van der Waals surface area contributed by atoms with E-state index in [1.807, 2.05) is 24.3 Å². The van der Waals surface area contributed by atoms with E-state index >= 15 is 0 Å². The Morgan fingerprint density at radius 3 is 2.67 bits per heavy atom. The van der Waals surface area contributed by atoms with Gasteiger partial charge >= 0.3 is 0 Å². The van der Waals surface area contributed by atoms with Gasteiger partial charge in [-0.25, -0.2) is 0 Å². The Labute approximate surface area is 148 Å². The lowest BCUT2D eigenvalue weighted by Crippen LogP contribution is -2.40. The molecule has 0 aliphatic carbocycles. The molecule has 0 spiro atoms. The van der Waals surface area contributed by atoms with E-state index in [9.17, 15) is 0 Å². The smallest absolute Gasteiger partial charge is 0.161 e. The van der Waals surface area contributed by atoms with E-state index in [2.05, 4.69) is 29.6 Å². The zero-order valence-electron chi connectivity index (χ0n) is 13.4. The molecule has 2 aromatic carbocycles. The molecular weight excluding hydrogens is 326 g/mol. The quantitative estimate of drug-likeness (QED) is 0.922. The summed E-state index contributed by atoms with van der Waals surface area (Å²) in [7, 11) is 0. The van der Waals surface area contributed by atoms with Crippen molar-refractivity contribution in [3.05, 3.63) is 59.7 Å². The average molecular weight is 348 g/mol. The summed E-state index contributed by atoms with van der Waals surface area (Å²) in [5.41, 5.74) is 2.70. The molecule has 0 radical (unpaired) electrons. The van der Waals surface area contributed by atoms with Gasteiger partial charge in [0.15, 0.2) is 11.5 Å². The number of hydrogen-bond acceptors (Lipinski definition) is 4. The first-order valence-corrected chi connectivity index (χ1v) is 8.19. The third kappa shape index (κ3) is 3.66. The van der Waals surface area contributed by atoms with Gasteiger partial charge in [0.1, 0.15) is 12.7 Å². The van der Waals surface area contributed by atoms with E-state index in [1.165, 1.54) is 11.1 Å². The third-order valence-corrected chi connectivity index (χ3v) is 4.36. The first-order chi connectivity index (χ1) is 11.4. The van der Waals surface area contributed by atoms with Crippen molar-refractivity contribution >= 4 is 12.4 Å². The van der Waals surface area contributed by atoms with Gasteiger partial charge in [-0.05, 0) is 29.7 Å². The summed E-state index contributed by atoms with van der Waals surface area (Å²) < 4.78 is 17.6. The van der Waals surface area contributed by atoms with Crippen molar-refractivity contribution in [2.24, 2.45) is 0 Å². The van der Waals surface area contributed by atoms with Crippen molar-refractivity contribution in [3.8, 4) is 11.5 Å². The molecule has 1 N–H and O–H groups in total. The van der Waals surface area contributed by atoms with Crippen LogP contribution >= 0.6 is 12.4 Å². The van der Waals surface area contributed by atoms with Crippen LogP contribution in [0.25, 0.3) is 0 Å². The monoisotopic (exact) mass is 347 g/mol. The maximum absolute atomic E-state index is 5.96. The van der Waals surface area contributed by atoms with E-state index in [0.29, 0.717) is 6.61 Å². The molecule has 0 bridgehead atoms. The zero-order chi connectivity index (χ0) is 15.5. The number of hydrogen-bond donors (Lipinski definition) is 1. The summed E-state index contributed by atoms with van der Waals surface area (Å²) in [6.45, 7) is 2.90. The number of fused-ring (bicyclic) bond motifs is 2. The molecule has 4 rings (SSSR count). The van der Waals surface area contributed by atoms with Gasteiger partial charge in [0, 0.05) is 13.1 Å². The van der Waals surface area contributed by atoms with Crippen LogP contribution in [0, 0.1) is 0 Å². The van der Waals surface area contributed by atoms with E-state index < -0.39 is 0 Å². The molecule has 5 heteroatoms. The number of ether oxygens (including phenoxy) is 3. The highest BCUT2D eigenvalue weighted by Crippen LogP contribution is 2.31. The largest absolute Gasteiger partial charge is 0.486 e. The van der Waals surface area contributed by atoms with E-state index in [-0.39, 0.29) is 24.6 Å². The zero-order valence-corrected chi connectivity index (χ0v) is 14.3. The minimum Gasteiger partial charge on any atom is -0.486 e. The molecule has 24 heavy (non-hydrogen) atoms. The molecule has 0 saturated heterocycles. The van der Waals surface area contributed by atoms with Crippen molar-refractivity contribution in [1.29, 1.82) is 0 Å². The summed E-state index contributed by atoms with van der Waals surface area (Å²) >= 11 is 0. The van der Waals surface area contributed by atoms with Crippen LogP contribution in [0.15, 0.2) is 48.5 Å². The van der Waals surface area contributed by atoms with Crippen LogP contribution in [0.4, 0.5) is 0 Å². The Morgan fingerprint density at radius 1 is 0.958 bits per heavy atom. The molecule has 2 aromatic rings. The van der Waals surface area contributed by atoms with Crippen LogP contribution in [0.3, 0.4) is 0 Å². The van der Waals surface area contributed by atoms with E-state index in [0.717, 1.165) is 37.6 Å². The SMILES string of the molecule is Cl.c1ccc2c(c1)CCOC2CNCC1COc2ccccc2O1. The predicted octanol–water partition coefficient (Wildman–Crippen LogP) is 3.15. The number of rotatable bonds is 4. The van der Waals surface area contributed by atoms with Gasteiger partial charge in [-0.1, -0.05) is 36.4 Å².